The van der Waals surface area contributed by atoms with Crippen LogP contribution in [0, 0.1) is 0 Å². The quantitative estimate of drug-likeness (QED) is 0.610. The molecule has 0 radical (unpaired) electrons. The third-order valence-corrected chi connectivity index (χ3v) is 7.72. The molecule has 0 saturated carbocycles. The Hall–Kier alpha value is -2.45. The highest BCUT2D eigenvalue weighted by Crippen LogP contribution is 2.23. The van der Waals surface area contributed by atoms with Crippen LogP contribution in [0.1, 0.15) is 6.42 Å². The van der Waals surface area contributed by atoms with Crippen molar-refractivity contribution >= 4 is 44.0 Å². The maximum Gasteiger partial charge on any atom is 0.243 e. The number of anilines is 1. The van der Waals surface area contributed by atoms with Gasteiger partial charge in [-0.3, -0.25) is 4.79 Å². The summed E-state index contributed by atoms with van der Waals surface area (Å²) < 4.78 is 27.7. The van der Waals surface area contributed by atoms with Crippen molar-refractivity contribution in [3.05, 3.63) is 71.8 Å². The molecular weight excluding hydrogens is 434 g/mol. The summed E-state index contributed by atoms with van der Waals surface area (Å²) in [7, 11) is -3.54. The minimum atomic E-state index is -3.54. The molecular formula is C23H24ClN3O3S. The molecule has 0 aromatic heterocycles. The van der Waals surface area contributed by atoms with Crippen LogP contribution in [0.5, 0.6) is 0 Å². The van der Waals surface area contributed by atoms with Gasteiger partial charge in [0, 0.05) is 39.1 Å². The standard InChI is InChI=1S/C23H24ClN3O3S/c24-21-7-3-4-8-22(21)25-23(28)11-12-26-13-15-27(16-14-26)31(29,30)20-10-9-18-5-1-2-6-19(18)17-20/h1-10,17H,11-16H2,(H,25,28). The zero-order chi connectivity index (χ0) is 21.8. The maximum absolute atomic E-state index is 13.1. The summed E-state index contributed by atoms with van der Waals surface area (Å²) in [5.41, 5.74) is 0.598. The number of benzene rings is 3. The van der Waals surface area contributed by atoms with E-state index >= 15 is 0 Å². The van der Waals surface area contributed by atoms with Gasteiger partial charge in [-0.25, -0.2) is 8.42 Å². The average Bonchev–Trinajstić information content (AvgIpc) is 2.79. The molecule has 1 fully saturated rings. The number of nitrogens with one attached hydrogen (secondary N) is 1. The van der Waals surface area contributed by atoms with Gasteiger partial charge < -0.3 is 10.2 Å². The number of fused-ring (bicyclic) bond motifs is 1. The van der Waals surface area contributed by atoms with E-state index in [9.17, 15) is 13.2 Å². The number of sulfonamides is 1. The largest absolute Gasteiger partial charge is 0.325 e. The highest BCUT2D eigenvalue weighted by atomic mass is 35.5. The van der Waals surface area contributed by atoms with Gasteiger partial charge in [0.15, 0.2) is 0 Å². The molecule has 1 heterocycles. The second-order valence-corrected chi connectivity index (χ2v) is 9.88. The molecule has 8 heteroatoms. The third kappa shape index (κ3) is 5.07. The first kappa shape index (κ1) is 21.8. The summed E-state index contributed by atoms with van der Waals surface area (Å²) >= 11 is 6.07. The molecule has 0 atom stereocenters. The molecule has 3 aromatic rings. The number of carbonyl (C=O) groups is 1. The Kier molecular flexibility index (Phi) is 6.57. The van der Waals surface area contributed by atoms with Crippen molar-refractivity contribution in [3.63, 3.8) is 0 Å². The van der Waals surface area contributed by atoms with Crippen LogP contribution in [-0.4, -0.2) is 56.3 Å². The maximum atomic E-state index is 13.1. The van der Waals surface area contributed by atoms with E-state index in [1.54, 1.807) is 24.3 Å². The van der Waals surface area contributed by atoms with Crippen molar-refractivity contribution in [2.75, 3.05) is 38.0 Å². The predicted molar refractivity (Wildman–Crippen MR) is 124 cm³/mol. The number of hydrogen-bond donors (Lipinski definition) is 1. The van der Waals surface area contributed by atoms with Gasteiger partial charge >= 0.3 is 0 Å². The number of para-hydroxylation sites is 1. The lowest BCUT2D eigenvalue weighted by Crippen LogP contribution is -2.49. The van der Waals surface area contributed by atoms with Gasteiger partial charge in [-0.1, -0.05) is 54.1 Å². The van der Waals surface area contributed by atoms with Crippen LogP contribution in [0.4, 0.5) is 5.69 Å². The first-order chi connectivity index (χ1) is 14.9. The van der Waals surface area contributed by atoms with Crippen LogP contribution in [-0.2, 0) is 14.8 Å². The van der Waals surface area contributed by atoms with Gasteiger partial charge in [0.2, 0.25) is 15.9 Å². The second-order valence-electron chi connectivity index (χ2n) is 7.53. The number of carbonyl (C=O) groups excluding carboxylic acids is 1. The summed E-state index contributed by atoms with van der Waals surface area (Å²) in [6.07, 6.45) is 0.322. The molecule has 6 nitrogen and oxygen atoms in total. The van der Waals surface area contributed by atoms with Gasteiger partial charge in [-0.05, 0) is 35.0 Å². The van der Waals surface area contributed by atoms with Gasteiger partial charge in [0.25, 0.3) is 0 Å². The van der Waals surface area contributed by atoms with Crippen LogP contribution in [0.25, 0.3) is 10.8 Å². The Balaban J connectivity index is 1.31. The second kappa shape index (κ2) is 9.36. The van der Waals surface area contributed by atoms with Gasteiger partial charge in [-0.2, -0.15) is 4.31 Å². The molecule has 0 aliphatic carbocycles. The number of rotatable bonds is 6. The van der Waals surface area contributed by atoms with Gasteiger partial charge in [-0.15, -0.1) is 0 Å². The van der Waals surface area contributed by atoms with E-state index in [-0.39, 0.29) is 5.91 Å². The lowest BCUT2D eigenvalue weighted by Gasteiger charge is -2.33. The van der Waals surface area contributed by atoms with Crippen molar-refractivity contribution in [3.8, 4) is 0 Å². The molecule has 0 spiro atoms. The van der Waals surface area contributed by atoms with Crippen LogP contribution in [0.2, 0.25) is 5.02 Å². The van der Waals surface area contributed by atoms with Crippen molar-refractivity contribution in [1.82, 2.24) is 9.21 Å². The summed E-state index contributed by atoms with van der Waals surface area (Å²) in [6, 6.07) is 20.1. The van der Waals surface area contributed by atoms with E-state index in [4.69, 9.17) is 11.6 Å². The lowest BCUT2D eigenvalue weighted by atomic mass is 10.1. The van der Waals surface area contributed by atoms with Crippen LogP contribution < -0.4 is 5.32 Å². The zero-order valence-electron chi connectivity index (χ0n) is 17.0. The molecule has 3 aromatic carbocycles. The highest BCUT2D eigenvalue weighted by molar-refractivity contribution is 7.89. The fraction of sp³-hybridized carbons (Fsp3) is 0.261. The molecule has 4 rings (SSSR count). The molecule has 1 amide bonds. The fourth-order valence-corrected chi connectivity index (χ4v) is 5.35. The zero-order valence-corrected chi connectivity index (χ0v) is 18.6. The van der Waals surface area contributed by atoms with Crippen LogP contribution >= 0.6 is 11.6 Å². The Bertz CT molecular complexity index is 1190. The third-order valence-electron chi connectivity index (χ3n) is 5.49. The van der Waals surface area contributed by atoms with Crippen molar-refractivity contribution in [2.45, 2.75) is 11.3 Å². The van der Waals surface area contributed by atoms with E-state index in [2.05, 4.69) is 10.2 Å². The van der Waals surface area contributed by atoms with Gasteiger partial charge in [0.1, 0.15) is 0 Å². The Morgan fingerprint density at radius 2 is 1.58 bits per heavy atom. The molecule has 162 valence electrons. The smallest absolute Gasteiger partial charge is 0.243 e. The first-order valence-corrected chi connectivity index (χ1v) is 12.0. The van der Waals surface area contributed by atoms with E-state index in [1.165, 1.54) is 4.31 Å². The number of nitrogens with zero attached hydrogens (tertiary/aromatic N) is 2. The molecule has 1 N–H and O–H groups in total. The summed E-state index contributed by atoms with van der Waals surface area (Å²) in [6.45, 7) is 2.56. The van der Waals surface area contributed by atoms with E-state index in [1.807, 2.05) is 42.5 Å². The van der Waals surface area contributed by atoms with Crippen LogP contribution in [0.15, 0.2) is 71.6 Å². The average molecular weight is 458 g/mol. The SMILES string of the molecule is O=C(CCN1CCN(S(=O)(=O)c2ccc3ccccc3c2)CC1)Nc1ccccc1Cl. The van der Waals surface area contributed by atoms with Crippen molar-refractivity contribution < 1.29 is 13.2 Å². The summed E-state index contributed by atoms with van der Waals surface area (Å²) in [5, 5.41) is 5.24. The fourth-order valence-electron chi connectivity index (χ4n) is 3.71. The number of halogens is 1. The Morgan fingerprint density at radius 3 is 2.32 bits per heavy atom. The molecule has 0 bridgehead atoms. The van der Waals surface area contributed by atoms with Gasteiger partial charge in [0.05, 0.1) is 15.6 Å². The Labute approximate surface area is 187 Å². The lowest BCUT2D eigenvalue weighted by molar-refractivity contribution is -0.116. The van der Waals surface area contributed by atoms with Crippen LogP contribution in [0.3, 0.4) is 0 Å². The minimum absolute atomic E-state index is 0.112. The molecule has 31 heavy (non-hydrogen) atoms. The number of hydrogen-bond acceptors (Lipinski definition) is 4. The summed E-state index contributed by atoms with van der Waals surface area (Å²) in [4.78, 5) is 14.6. The molecule has 0 unspecified atom stereocenters. The van der Waals surface area contributed by atoms with Crippen molar-refractivity contribution in [2.24, 2.45) is 0 Å². The number of piperazine rings is 1. The van der Waals surface area contributed by atoms with Crippen molar-refractivity contribution in [1.29, 1.82) is 0 Å². The number of amides is 1. The summed E-state index contributed by atoms with van der Waals surface area (Å²) in [5.74, 6) is -0.112. The molecule has 1 saturated heterocycles. The highest BCUT2D eigenvalue weighted by Gasteiger charge is 2.28. The predicted octanol–water partition coefficient (Wildman–Crippen LogP) is 3.83. The normalized spacial score (nSPS) is 15.8. The molecule has 1 aliphatic heterocycles. The van der Waals surface area contributed by atoms with E-state index in [0.29, 0.717) is 54.8 Å². The van der Waals surface area contributed by atoms with E-state index in [0.717, 1.165) is 10.8 Å². The Morgan fingerprint density at radius 1 is 0.903 bits per heavy atom. The first-order valence-electron chi connectivity index (χ1n) is 10.2. The molecule has 1 aliphatic rings. The monoisotopic (exact) mass is 457 g/mol. The topological polar surface area (TPSA) is 69.7 Å². The minimum Gasteiger partial charge on any atom is -0.325 e. The van der Waals surface area contributed by atoms with E-state index < -0.39 is 10.0 Å².